The summed E-state index contributed by atoms with van der Waals surface area (Å²) in [6.07, 6.45) is 5.54. The summed E-state index contributed by atoms with van der Waals surface area (Å²) in [4.78, 5) is 17.0. The molecule has 2 aliphatic rings. The molecule has 2 aromatic rings. The molecule has 1 amide bonds. The number of anilines is 1. The van der Waals surface area contributed by atoms with Crippen molar-refractivity contribution in [3.8, 4) is 0 Å². The minimum atomic E-state index is -3.55. The van der Waals surface area contributed by atoms with Gasteiger partial charge in [-0.3, -0.25) is 9.78 Å². The average molecular weight is 444 g/mol. The van der Waals surface area contributed by atoms with Gasteiger partial charge in [0.1, 0.15) is 6.10 Å². The van der Waals surface area contributed by atoms with Crippen LogP contribution in [0.15, 0.2) is 53.7 Å². The first-order valence-electron chi connectivity index (χ1n) is 10.8. The number of nitrogens with one attached hydrogen (secondary N) is 1. The van der Waals surface area contributed by atoms with Crippen LogP contribution in [0, 0.1) is 5.92 Å². The third-order valence-corrected chi connectivity index (χ3v) is 8.44. The highest BCUT2D eigenvalue weighted by Gasteiger charge is 2.50. The van der Waals surface area contributed by atoms with E-state index in [2.05, 4.69) is 10.3 Å². The van der Waals surface area contributed by atoms with E-state index in [0.717, 1.165) is 18.4 Å². The fraction of sp³-hybridized carbons (Fsp3) is 0.478. The Kier molecular flexibility index (Phi) is 6.14. The number of benzene rings is 1. The van der Waals surface area contributed by atoms with Gasteiger partial charge in [-0.15, -0.1) is 0 Å². The molecule has 1 aromatic carbocycles. The molecule has 2 fully saturated rings. The van der Waals surface area contributed by atoms with Crippen LogP contribution in [-0.2, 0) is 26.0 Å². The molecule has 2 aliphatic heterocycles. The number of aryl methyl sites for hydroxylation is 1. The van der Waals surface area contributed by atoms with E-state index in [1.807, 2.05) is 26.0 Å². The van der Waals surface area contributed by atoms with E-state index in [1.54, 1.807) is 41.0 Å². The molecule has 4 rings (SSSR count). The Hall–Kier alpha value is -2.29. The van der Waals surface area contributed by atoms with E-state index >= 15 is 0 Å². The summed E-state index contributed by atoms with van der Waals surface area (Å²) < 4.78 is 34.1. The minimum absolute atomic E-state index is 0.0119. The highest BCUT2D eigenvalue weighted by atomic mass is 32.2. The number of aromatic nitrogens is 1. The van der Waals surface area contributed by atoms with Crippen molar-refractivity contribution in [2.24, 2.45) is 5.92 Å². The first-order chi connectivity index (χ1) is 14.8. The Morgan fingerprint density at radius 3 is 2.68 bits per heavy atom. The van der Waals surface area contributed by atoms with Crippen molar-refractivity contribution in [1.82, 2.24) is 9.29 Å². The second-order valence-electron chi connectivity index (χ2n) is 8.45. The highest BCUT2D eigenvalue weighted by Crippen LogP contribution is 2.43. The number of sulfonamides is 1. The maximum absolute atomic E-state index is 13.1. The van der Waals surface area contributed by atoms with Crippen LogP contribution in [-0.4, -0.2) is 48.4 Å². The lowest BCUT2D eigenvalue weighted by Crippen LogP contribution is -2.52. The number of ether oxygens (including phenoxy) is 1. The summed E-state index contributed by atoms with van der Waals surface area (Å²) in [6.45, 7) is 4.83. The Morgan fingerprint density at radius 2 is 2.03 bits per heavy atom. The van der Waals surface area contributed by atoms with Crippen molar-refractivity contribution in [2.75, 3.05) is 18.4 Å². The SMILES string of the molecule is CCc1ccc(S(=O)(=O)N2CC[C@]3(CC[C@@H](C(=O)Nc4cccnc4)O3)[C@H](C)C2)cc1. The van der Waals surface area contributed by atoms with Crippen molar-refractivity contribution in [3.05, 3.63) is 54.4 Å². The van der Waals surface area contributed by atoms with Gasteiger partial charge in [0.2, 0.25) is 10.0 Å². The van der Waals surface area contributed by atoms with Crippen LogP contribution in [0.25, 0.3) is 0 Å². The molecule has 1 aromatic heterocycles. The van der Waals surface area contributed by atoms with Gasteiger partial charge >= 0.3 is 0 Å². The molecule has 2 saturated heterocycles. The van der Waals surface area contributed by atoms with Gasteiger partial charge in [0.05, 0.1) is 22.4 Å². The van der Waals surface area contributed by atoms with Crippen LogP contribution in [0.1, 0.15) is 38.7 Å². The Bertz CT molecular complexity index is 1030. The molecule has 7 nitrogen and oxygen atoms in total. The maximum atomic E-state index is 13.1. The smallest absolute Gasteiger partial charge is 0.253 e. The molecule has 0 aliphatic carbocycles. The number of carbonyl (C=O) groups excluding carboxylic acids is 1. The molecule has 166 valence electrons. The minimum Gasteiger partial charge on any atom is -0.362 e. The number of hydrogen-bond donors (Lipinski definition) is 1. The molecule has 31 heavy (non-hydrogen) atoms. The first-order valence-corrected chi connectivity index (χ1v) is 12.3. The van der Waals surface area contributed by atoms with E-state index in [4.69, 9.17) is 4.74 Å². The average Bonchev–Trinajstić information content (AvgIpc) is 3.22. The summed E-state index contributed by atoms with van der Waals surface area (Å²) in [6, 6.07) is 10.7. The molecule has 8 heteroatoms. The molecule has 1 N–H and O–H groups in total. The zero-order valence-electron chi connectivity index (χ0n) is 18.0. The van der Waals surface area contributed by atoms with E-state index in [9.17, 15) is 13.2 Å². The number of rotatable bonds is 5. The predicted molar refractivity (Wildman–Crippen MR) is 118 cm³/mol. The molecule has 0 bridgehead atoms. The van der Waals surface area contributed by atoms with Gasteiger partial charge in [-0.05, 0) is 61.4 Å². The van der Waals surface area contributed by atoms with E-state index in [-0.39, 0.29) is 11.8 Å². The number of amides is 1. The van der Waals surface area contributed by atoms with Gasteiger partial charge < -0.3 is 10.1 Å². The van der Waals surface area contributed by atoms with Crippen molar-refractivity contribution in [2.45, 2.75) is 56.1 Å². The molecule has 3 atom stereocenters. The van der Waals surface area contributed by atoms with E-state index < -0.39 is 21.7 Å². The van der Waals surface area contributed by atoms with Crippen LogP contribution >= 0.6 is 0 Å². The van der Waals surface area contributed by atoms with Gasteiger partial charge in [0, 0.05) is 19.3 Å². The van der Waals surface area contributed by atoms with Gasteiger partial charge in [-0.1, -0.05) is 26.0 Å². The van der Waals surface area contributed by atoms with Crippen LogP contribution in [0.4, 0.5) is 5.69 Å². The van der Waals surface area contributed by atoms with Crippen molar-refractivity contribution >= 4 is 21.6 Å². The van der Waals surface area contributed by atoms with Gasteiger partial charge in [-0.2, -0.15) is 4.31 Å². The van der Waals surface area contributed by atoms with Crippen LogP contribution < -0.4 is 5.32 Å². The number of pyridine rings is 1. The number of piperidine rings is 1. The normalized spacial score (nSPS) is 26.8. The molecular weight excluding hydrogens is 414 g/mol. The molecular formula is C23H29N3O4S. The largest absolute Gasteiger partial charge is 0.362 e. The van der Waals surface area contributed by atoms with Gasteiger partial charge in [0.15, 0.2) is 0 Å². The van der Waals surface area contributed by atoms with E-state index in [1.165, 1.54) is 0 Å². The molecule has 0 saturated carbocycles. The maximum Gasteiger partial charge on any atom is 0.253 e. The van der Waals surface area contributed by atoms with Crippen molar-refractivity contribution in [1.29, 1.82) is 0 Å². The predicted octanol–water partition coefficient (Wildman–Crippen LogP) is 3.23. The summed E-state index contributed by atoms with van der Waals surface area (Å²) in [5, 5.41) is 2.85. The zero-order chi connectivity index (χ0) is 22.1. The molecule has 1 spiro atoms. The van der Waals surface area contributed by atoms with Crippen molar-refractivity contribution in [3.63, 3.8) is 0 Å². The Labute approximate surface area is 183 Å². The first kappa shape index (κ1) is 21.9. The van der Waals surface area contributed by atoms with Crippen molar-refractivity contribution < 1.29 is 17.9 Å². The fourth-order valence-corrected chi connectivity index (χ4v) is 6.08. The third kappa shape index (κ3) is 4.37. The van der Waals surface area contributed by atoms with Gasteiger partial charge in [-0.25, -0.2) is 8.42 Å². The zero-order valence-corrected chi connectivity index (χ0v) is 18.8. The number of carbonyl (C=O) groups is 1. The summed E-state index contributed by atoms with van der Waals surface area (Å²) in [7, 11) is -3.55. The summed E-state index contributed by atoms with van der Waals surface area (Å²) in [5.41, 5.74) is 1.29. The van der Waals surface area contributed by atoms with E-state index in [0.29, 0.717) is 36.5 Å². The third-order valence-electron chi connectivity index (χ3n) is 6.56. The lowest BCUT2D eigenvalue weighted by Gasteiger charge is -2.43. The monoisotopic (exact) mass is 443 g/mol. The Balaban J connectivity index is 1.41. The number of nitrogens with zero attached hydrogens (tertiary/aromatic N) is 2. The molecule has 3 heterocycles. The molecule has 0 radical (unpaired) electrons. The molecule has 0 unspecified atom stereocenters. The number of hydrogen-bond acceptors (Lipinski definition) is 5. The van der Waals surface area contributed by atoms with Crippen LogP contribution in [0.2, 0.25) is 0 Å². The second kappa shape index (κ2) is 8.68. The quantitative estimate of drug-likeness (QED) is 0.766. The lowest BCUT2D eigenvalue weighted by molar-refractivity contribution is -0.140. The Morgan fingerprint density at radius 1 is 1.26 bits per heavy atom. The van der Waals surface area contributed by atoms with Gasteiger partial charge in [0.25, 0.3) is 5.91 Å². The highest BCUT2D eigenvalue weighted by molar-refractivity contribution is 7.89. The second-order valence-corrected chi connectivity index (χ2v) is 10.4. The fourth-order valence-electron chi connectivity index (χ4n) is 4.56. The van der Waals surface area contributed by atoms with Crippen LogP contribution in [0.3, 0.4) is 0 Å². The lowest BCUT2D eigenvalue weighted by atomic mass is 9.81. The topological polar surface area (TPSA) is 88.6 Å². The summed E-state index contributed by atoms with van der Waals surface area (Å²) in [5.74, 6) is -0.190. The summed E-state index contributed by atoms with van der Waals surface area (Å²) >= 11 is 0. The van der Waals surface area contributed by atoms with Crippen LogP contribution in [0.5, 0.6) is 0 Å². The standard InChI is InChI=1S/C23H29N3O4S/c1-3-18-6-8-20(9-7-18)31(28,29)26-14-12-23(17(2)16-26)11-10-21(30-23)22(27)25-19-5-4-13-24-15-19/h4-9,13,15,17,21H,3,10-12,14,16H2,1-2H3,(H,25,27)/t17-,21+,23-/m1/s1.